The van der Waals surface area contributed by atoms with Crippen LogP contribution in [0.1, 0.15) is 28.9 Å². The molecule has 1 aromatic heterocycles. The van der Waals surface area contributed by atoms with Gasteiger partial charge in [0.25, 0.3) is 5.91 Å². The van der Waals surface area contributed by atoms with E-state index in [2.05, 4.69) is 15.6 Å². The zero-order valence-corrected chi connectivity index (χ0v) is 17.2. The average molecular weight is 430 g/mol. The number of imidazole rings is 1. The summed E-state index contributed by atoms with van der Waals surface area (Å²) < 4.78 is 28.3. The van der Waals surface area contributed by atoms with Gasteiger partial charge < -0.3 is 15.2 Å². The summed E-state index contributed by atoms with van der Waals surface area (Å²) in [6.07, 6.45) is 3.47. The molecular formula is C21H20F2N4O2S. The number of nitrogens with zero attached hydrogens (tertiary/aromatic N) is 2. The van der Waals surface area contributed by atoms with E-state index in [0.717, 1.165) is 17.3 Å². The molecule has 30 heavy (non-hydrogen) atoms. The smallest absolute Gasteiger partial charge is 0.251 e. The minimum atomic E-state index is -0.963. The molecule has 2 N–H and O–H groups in total. The molecule has 0 aliphatic rings. The van der Waals surface area contributed by atoms with Gasteiger partial charge in [-0.3, -0.25) is 9.59 Å². The van der Waals surface area contributed by atoms with Crippen molar-refractivity contribution >= 4 is 29.3 Å². The second-order valence-electron chi connectivity index (χ2n) is 6.60. The van der Waals surface area contributed by atoms with E-state index in [1.807, 2.05) is 11.6 Å². The molecule has 0 saturated carbocycles. The van der Waals surface area contributed by atoms with Gasteiger partial charge in [-0.05, 0) is 48.9 Å². The third-order valence-electron chi connectivity index (χ3n) is 4.33. The molecule has 3 rings (SSSR count). The zero-order valence-electron chi connectivity index (χ0n) is 16.4. The van der Waals surface area contributed by atoms with E-state index in [-0.39, 0.29) is 17.6 Å². The summed E-state index contributed by atoms with van der Waals surface area (Å²) >= 11 is 1.32. The Labute approximate surface area is 176 Å². The number of aryl methyl sites for hydroxylation is 1. The van der Waals surface area contributed by atoms with Gasteiger partial charge in [-0.1, -0.05) is 17.8 Å². The number of hydrogen-bond acceptors (Lipinski definition) is 4. The molecular weight excluding hydrogens is 410 g/mol. The molecule has 0 aliphatic heterocycles. The van der Waals surface area contributed by atoms with Crippen LogP contribution in [0.3, 0.4) is 0 Å². The first-order chi connectivity index (χ1) is 14.3. The highest BCUT2D eigenvalue weighted by Crippen LogP contribution is 2.18. The lowest BCUT2D eigenvalue weighted by Crippen LogP contribution is -2.26. The SMILES string of the molecule is C[C@H](NC(=O)c1ccc(NC(=O)CSc2nccn2C)cc1)c1ccc(F)c(F)c1. The molecule has 9 heteroatoms. The Bertz CT molecular complexity index is 1050. The molecule has 1 heterocycles. The van der Waals surface area contributed by atoms with Crippen molar-refractivity contribution in [3.63, 3.8) is 0 Å². The fraction of sp³-hybridized carbons (Fsp3) is 0.190. The van der Waals surface area contributed by atoms with Gasteiger partial charge in [0.2, 0.25) is 5.91 Å². The maximum absolute atomic E-state index is 13.4. The predicted molar refractivity (Wildman–Crippen MR) is 111 cm³/mol. The summed E-state index contributed by atoms with van der Waals surface area (Å²) in [7, 11) is 1.85. The van der Waals surface area contributed by atoms with E-state index in [9.17, 15) is 18.4 Å². The van der Waals surface area contributed by atoms with Crippen molar-refractivity contribution in [2.24, 2.45) is 7.05 Å². The molecule has 6 nitrogen and oxygen atoms in total. The van der Waals surface area contributed by atoms with Crippen LogP contribution in [0.25, 0.3) is 0 Å². The van der Waals surface area contributed by atoms with Crippen LogP contribution < -0.4 is 10.6 Å². The van der Waals surface area contributed by atoms with Gasteiger partial charge >= 0.3 is 0 Å². The number of carbonyl (C=O) groups excluding carboxylic acids is 2. The van der Waals surface area contributed by atoms with Crippen LogP contribution in [0.5, 0.6) is 0 Å². The van der Waals surface area contributed by atoms with Crippen molar-refractivity contribution in [1.82, 2.24) is 14.9 Å². The number of aromatic nitrogens is 2. The maximum Gasteiger partial charge on any atom is 0.251 e. The van der Waals surface area contributed by atoms with Crippen LogP contribution in [-0.2, 0) is 11.8 Å². The largest absolute Gasteiger partial charge is 0.346 e. The Balaban J connectivity index is 1.53. The zero-order chi connectivity index (χ0) is 21.7. The van der Waals surface area contributed by atoms with Gasteiger partial charge in [0.15, 0.2) is 16.8 Å². The summed E-state index contributed by atoms with van der Waals surface area (Å²) in [4.78, 5) is 28.6. The van der Waals surface area contributed by atoms with Gasteiger partial charge in [0.1, 0.15) is 0 Å². The second kappa shape index (κ2) is 9.53. The van der Waals surface area contributed by atoms with Crippen LogP contribution in [0.15, 0.2) is 60.0 Å². The topological polar surface area (TPSA) is 76.0 Å². The standard InChI is InChI=1S/C21H20F2N4O2S/c1-13(15-5-8-17(22)18(23)11-15)25-20(29)14-3-6-16(7-4-14)26-19(28)12-30-21-24-9-10-27(21)2/h3-11,13H,12H2,1-2H3,(H,25,29)(H,26,28)/t13-/m0/s1. The number of benzene rings is 2. The molecule has 156 valence electrons. The van der Waals surface area contributed by atoms with Crippen molar-refractivity contribution in [3.8, 4) is 0 Å². The summed E-state index contributed by atoms with van der Waals surface area (Å²) in [5.41, 5.74) is 1.40. The van der Waals surface area contributed by atoms with Crippen LogP contribution >= 0.6 is 11.8 Å². The number of halogens is 2. The van der Waals surface area contributed by atoms with Crippen molar-refractivity contribution < 1.29 is 18.4 Å². The van der Waals surface area contributed by atoms with E-state index in [4.69, 9.17) is 0 Å². The highest BCUT2D eigenvalue weighted by molar-refractivity contribution is 7.99. The first kappa shape index (κ1) is 21.5. The Morgan fingerprint density at radius 1 is 1.13 bits per heavy atom. The molecule has 2 amide bonds. The Kier molecular flexibility index (Phi) is 6.83. The number of rotatable bonds is 7. The van der Waals surface area contributed by atoms with E-state index >= 15 is 0 Å². The molecule has 0 aliphatic carbocycles. The van der Waals surface area contributed by atoms with E-state index in [0.29, 0.717) is 16.8 Å². The normalized spacial score (nSPS) is 11.7. The molecule has 0 radical (unpaired) electrons. The van der Waals surface area contributed by atoms with Crippen molar-refractivity contribution in [3.05, 3.63) is 77.6 Å². The second-order valence-corrected chi connectivity index (χ2v) is 7.55. The first-order valence-electron chi connectivity index (χ1n) is 9.09. The fourth-order valence-electron chi connectivity index (χ4n) is 2.67. The lowest BCUT2D eigenvalue weighted by molar-refractivity contribution is -0.113. The predicted octanol–water partition coefficient (Wildman–Crippen LogP) is 3.92. The van der Waals surface area contributed by atoms with Gasteiger partial charge in [-0.2, -0.15) is 0 Å². The Morgan fingerprint density at radius 3 is 2.50 bits per heavy atom. The van der Waals surface area contributed by atoms with Gasteiger partial charge in [0, 0.05) is 30.7 Å². The summed E-state index contributed by atoms with van der Waals surface area (Å²) in [5.74, 6) is -2.25. The number of nitrogens with one attached hydrogen (secondary N) is 2. The average Bonchev–Trinajstić information content (AvgIpc) is 3.13. The third kappa shape index (κ3) is 5.44. The maximum atomic E-state index is 13.4. The molecule has 1 atom stereocenters. The molecule has 3 aromatic rings. The summed E-state index contributed by atoms with van der Waals surface area (Å²) in [6, 6.07) is 9.41. The van der Waals surface area contributed by atoms with Gasteiger partial charge in [-0.25, -0.2) is 13.8 Å². The molecule has 0 unspecified atom stereocenters. The molecule has 0 spiro atoms. The number of hydrogen-bond donors (Lipinski definition) is 2. The van der Waals surface area contributed by atoms with Crippen LogP contribution in [-0.4, -0.2) is 27.1 Å². The van der Waals surface area contributed by atoms with Crippen molar-refractivity contribution in [2.75, 3.05) is 11.1 Å². The first-order valence-corrected chi connectivity index (χ1v) is 10.1. The summed E-state index contributed by atoms with van der Waals surface area (Å²) in [6.45, 7) is 1.68. The molecule has 0 fully saturated rings. The minimum absolute atomic E-state index is 0.188. The van der Waals surface area contributed by atoms with E-state index in [1.54, 1.807) is 43.6 Å². The van der Waals surface area contributed by atoms with E-state index < -0.39 is 17.7 Å². The van der Waals surface area contributed by atoms with Crippen molar-refractivity contribution in [2.45, 2.75) is 18.1 Å². The van der Waals surface area contributed by atoms with Gasteiger partial charge in [0.05, 0.1) is 11.8 Å². The monoisotopic (exact) mass is 430 g/mol. The summed E-state index contributed by atoms with van der Waals surface area (Å²) in [5, 5.41) is 6.24. The lowest BCUT2D eigenvalue weighted by atomic mass is 10.1. The van der Waals surface area contributed by atoms with Crippen molar-refractivity contribution in [1.29, 1.82) is 0 Å². The van der Waals surface area contributed by atoms with Crippen LogP contribution in [0.2, 0.25) is 0 Å². The highest BCUT2D eigenvalue weighted by atomic mass is 32.2. The number of thioether (sulfide) groups is 1. The molecule has 0 saturated heterocycles. The quantitative estimate of drug-likeness (QED) is 0.557. The number of anilines is 1. The Hall–Kier alpha value is -3.20. The Morgan fingerprint density at radius 2 is 1.87 bits per heavy atom. The van der Waals surface area contributed by atoms with Crippen LogP contribution in [0, 0.1) is 11.6 Å². The van der Waals surface area contributed by atoms with Gasteiger partial charge in [-0.15, -0.1) is 0 Å². The third-order valence-corrected chi connectivity index (χ3v) is 5.39. The number of carbonyl (C=O) groups is 2. The fourth-order valence-corrected chi connectivity index (χ4v) is 3.40. The lowest BCUT2D eigenvalue weighted by Gasteiger charge is -2.15. The molecule has 0 bridgehead atoms. The van der Waals surface area contributed by atoms with E-state index in [1.165, 1.54) is 17.8 Å². The minimum Gasteiger partial charge on any atom is -0.346 e. The molecule has 2 aromatic carbocycles. The van der Waals surface area contributed by atoms with Crippen LogP contribution in [0.4, 0.5) is 14.5 Å². The number of amides is 2. The highest BCUT2D eigenvalue weighted by Gasteiger charge is 2.14.